The van der Waals surface area contributed by atoms with Crippen molar-refractivity contribution in [1.29, 1.82) is 0 Å². The van der Waals surface area contributed by atoms with Crippen LogP contribution in [0.3, 0.4) is 0 Å². The Morgan fingerprint density at radius 2 is 2.25 bits per heavy atom. The minimum atomic E-state index is -0.851. The topological polar surface area (TPSA) is 38.7 Å². The van der Waals surface area contributed by atoms with Gasteiger partial charge in [0.15, 0.2) is 0 Å². The summed E-state index contributed by atoms with van der Waals surface area (Å²) in [5, 5.41) is 10.6. The van der Waals surface area contributed by atoms with Crippen molar-refractivity contribution in [3.63, 3.8) is 0 Å². The molecule has 1 N–H and O–H groups in total. The van der Waals surface area contributed by atoms with E-state index in [9.17, 15) is 5.11 Å². The van der Waals surface area contributed by atoms with E-state index in [0.29, 0.717) is 13.0 Å². The monoisotopic (exact) mass is 222 g/mol. The van der Waals surface area contributed by atoms with Crippen molar-refractivity contribution in [3.05, 3.63) is 29.3 Å². The molecular formula is C13H18O3. The van der Waals surface area contributed by atoms with Crippen LogP contribution >= 0.6 is 0 Å². The van der Waals surface area contributed by atoms with Crippen LogP contribution in [0.5, 0.6) is 5.75 Å². The molecule has 1 aromatic rings. The van der Waals surface area contributed by atoms with E-state index >= 15 is 0 Å². The van der Waals surface area contributed by atoms with Gasteiger partial charge in [-0.25, -0.2) is 0 Å². The second-order valence-electron chi connectivity index (χ2n) is 4.37. The molecule has 16 heavy (non-hydrogen) atoms. The Balaban J connectivity index is 2.40. The van der Waals surface area contributed by atoms with Gasteiger partial charge in [0.25, 0.3) is 0 Å². The predicted octanol–water partition coefficient (Wildman–Crippen LogP) is 2.00. The fraction of sp³-hybridized carbons (Fsp3) is 0.538. The summed E-state index contributed by atoms with van der Waals surface area (Å²) < 4.78 is 10.6. The average molecular weight is 222 g/mol. The molecule has 1 saturated heterocycles. The normalized spacial score (nSPS) is 29.4. The number of methoxy groups -OCH3 is 1. The first-order valence-electron chi connectivity index (χ1n) is 5.57. The van der Waals surface area contributed by atoms with Crippen LogP contribution in [0.1, 0.15) is 24.5 Å². The molecule has 0 bridgehead atoms. The number of hydrogen-bond donors (Lipinski definition) is 1. The summed E-state index contributed by atoms with van der Waals surface area (Å²) >= 11 is 0. The Bertz CT molecular complexity index is 389. The molecule has 1 aromatic carbocycles. The van der Waals surface area contributed by atoms with Crippen LogP contribution in [0.25, 0.3) is 0 Å². The molecule has 1 aliphatic heterocycles. The van der Waals surface area contributed by atoms with Crippen molar-refractivity contribution in [1.82, 2.24) is 0 Å². The fourth-order valence-corrected chi connectivity index (χ4v) is 2.33. The second-order valence-corrected chi connectivity index (χ2v) is 4.37. The summed E-state index contributed by atoms with van der Waals surface area (Å²) in [5.74, 6) is 0.816. The molecule has 1 fully saturated rings. The van der Waals surface area contributed by atoms with Gasteiger partial charge in [-0.05, 0) is 37.1 Å². The number of rotatable bonds is 2. The van der Waals surface area contributed by atoms with Gasteiger partial charge in [0.2, 0.25) is 0 Å². The van der Waals surface area contributed by atoms with Crippen molar-refractivity contribution in [3.8, 4) is 5.75 Å². The zero-order valence-corrected chi connectivity index (χ0v) is 9.99. The molecule has 2 unspecified atom stereocenters. The molecule has 88 valence electrons. The lowest BCUT2D eigenvalue weighted by Gasteiger charge is -2.28. The quantitative estimate of drug-likeness (QED) is 0.831. The zero-order valence-electron chi connectivity index (χ0n) is 9.99. The third kappa shape index (κ3) is 1.70. The third-order valence-electron chi connectivity index (χ3n) is 3.42. The number of aryl methyl sites for hydroxylation is 1. The van der Waals surface area contributed by atoms with Gasteiger partial charge in [0.1, 0.15) is 11.4 Å². The number of aliphatic hydroxyl groups is 1. The summed E-state index contributed by atoms with van der Waals surface area (Å²) in [5.41, 5.74) is 1.13. The van der Waals surface area contributed by atoms with Crippen LogP contribution in [-0.4, -0.2) is 24.9 Å². The van der Waals surface area contributed by atoms with Crippen LogP contribution in [0, 0.1) is 6.92 Å². The minimum Gasteiger partial charge on any atom is -0.497 e. The lowest BCUT2D eigenvalue weighted by molar-refractivity contribution is -0.0321. The largest absolute Gasteiger partial charge is 0.497 e. The van der Waals surface area contributed by atoms with Gasteiger partial charge in [-0.2, -0.15) is 0 Å². The molecular weight excluding hydrogens is 204 g/mol. The summed E-state index contributed by atoms with van der Waals surface area (Å²) in [6, 6.07) is 5.75. The highest BCUT2D eigenvalue weighted by Gasteiger charge is 2.41. The van der Waals surface area contributed by atoms with Crippen molar-refractivity contribution < 1.29 is 14.6 Å². The van der Waals surface area contributed by atoms with Gasteiger partial charge in [0, 0.05) is 6.42 Å². The Kier molecular flexibility index (Phi) is 2.91. The van der Waals surface area contributed by atoms with Crippen molar-refractivity contribution in [2.45, 2.75) is 32.0 Å². The minimum absolute atomic E-state index is 0.153. The van der Waals surface area contributed by atoms with Gasteiger partial charge in [-0.1, -0.05) is 6.07 Å². The molecule has 1 heterocycles. The van der Waals surface area contributed by atoms with Gasteiger partial charge >= 0.3 is 0 Å². The lowest BCUT2D eigenvalue weighted by Crippen LogP contribution is -2.33. The highest BCUT2D eigenvalue weighted by Crippen LogP contribution is 2.38. The highest BCUT2D eigenvalue weighted by atomic mass is 16.5. The van der Waals surface area contributed by atoms with Crippen LogP contribution in [0.4, 0.5) is 0 Å². The first kappa shape index (κ1) is 11.4. The molecule has 0 radical (unpaired) electrons. The molecule has 0 amide bonds. The van der Waals surface area contributed by atoms with E-state index < -0.39 is 5.60 Å². The maximum absolute atomic E-state index is 10.6. The van der Waals surface area contributed by atoms with Crippen LogP contribution in [0.15, 0.2) is 18.2 Å². The van der Waals surface area contributed by atoms with E-state index in [1.54, 1.807) is 7.11 Å². The summed E-state index contributed by atoms with van der Waals surface area (Å²) in [6.45, 7) is 4.51. The van der Waals surface area contributed by atoms with Crippen LogP contribution in [-0.2, 0) is 10.3 Å². The molecule has 2 rings (SSSR count). The molecule has 2 atom stereocenters. The Labute approximate surface area is 96.0 Å². The maximum Gasteiger partial charge on any atom is 0.119 e. The Morgan fingerprint density at radius 3 is 2.75 bits per heavy atom. The Hall–Kier alpha value is -1.06. The molecule has 0 aliphatic carbocycles. The van der Waals surface area contributed by atoms with E-state index in [2.05, 4.69) is 0 Å². The smallest absolute Gasteiger partial charge is 0.119 e. The number of ether oxygens (including phenoxy) is 2. The van der Waals surface area contributed by atoms with E-state index in [-0.39, 0.29) is 6.10 Å². The standard InChI is InChI=1S/C13H18O3/c1-9-8-11(15-3)4-5-12(9)13(14)6-7-16-10(13)2/h4-5,8,10,14H,6-7H2,1-3H3. The van der Waals surface area contributed by atoms with E-state index in [4.69, 9.17) is 9.47 Å². The lowest BCUT2D eigenvalue weighted by atomic mass is 9.85. The van der Waals surface area contributed by atoms with E-state index in [0.717, 1.165) is 16.9 Å². The van der Waals surface area contributed by atoms with Crippen molar-refractivity contribution >= 4 is 0 Å². The number of hydrogen-bond acceptors (Lipinski definition) is 3. The zero-order chi connectivity index (χ0) is 11.8. The average Bonchev–Trinajstić information content (AvgIpc) is 2.60. The molecule has 0 saturated carbocycles. The summed E-state index contributed by atoms with van der Waals surface area (Å²) in [6.07, 6.45) is 0.501. The van der Waals surface area contributed by atoms with E-state index in [1.165, 1.54) is 0 Å². The van der Waals surface area contributed by atoms with Gasteiger partial charge in [-0.15, -0.1) is 0 Å². The predicted molar refractivity (Wildman–Crippen MR) is 61.7 cm³/mol. The van der Waals surface area contributed by atoms with E-state index in [1.807, 2.05) is 32.0 Å². The molecule has 3 nitrogen and oxygen atoms in total. The number of benzene rings is 1. The van der Waals surface area contributed by atoms with Gasteiger partial charge in [-0.3, -0.25) is 0 Å². The van der Waals surface area contributed by atoms with Crippen LogP contribution < -0.4 is 4.74 Å². The SMILES string of the molecule is COc1ccc(C2(O)CCOC2C)c(C)c1. The first-order chi connectivity index (χ1) is 7.58. The molecule has 0 aromatic heterocycles. The van der Waals surface area contributed by atoms with Crippen molar-refractivity contribution in [2.24, 2.45) is 0 Å². The molecule has 1 aliphatic rings. The van der Waals surface area contributed by atoms with Gasteiger partial charge < -0.3 is 14.6 Å². The first-order valence-corrected chi connectivity index (χ1v) is 5.57. The Morgan fingerprint density at radius 1 is 1.50 bits per heavy atom. The molecule has 0 spiro atoms. The molecule has 3 heteroatoms. The fourth-order valence-electron chi connectivity index (χ4n) is 2.33. The maximum atomic E-state index is 10.6. The highest BCUT2D eigenvalue weighted by molar-refractivity contribution is 5.39. The van der Waals surface area contributed by atoms with Gasteiger partial charge in [0.05, 0.1) is 19.8 Å². The van der Waals surface area contributed by atoms with Crippen molar-refractivity contribution in [2.75, 3.05) is 13.7 Å². The second kappa shape index (κ2) is 4.07. The summed E-state index contributed by atoms with van der Waals surface area (Å²) in [4.78, 5) is 0. The summed E-state index contributed by atoms with van der Waals surface area (Å²) in [7, 11) is 1.64. The van der Waals surface area contributed by atoms with Crippen LogP contribution in [0.2, 0.25) is 0 Å². The third-order valence-corrected chi connectivity index (χ3v) is 3.42.